The molecule has 0 aliphatic carbocycles. The second-order valence-electron chi connectivity index (χ2n) is 3.95. The Labute approximate surface area is 115 Å². The number of hydrogen-bond acceptors (Lipinski definition) is 8. The van der Waals surface area contributed by atoms with Crippen LogP contribution in [-0.2, 0) is 10.8 Å². The van der Waals surface area contributed by atoms with E-state index in [1.54, 1.807) is 6.26 Å². The van der Waals surface area contributed by atoms with E-state index in [1.807, 2.05) is 13.8 Å². The number of nitrogens with one attached hydrogen (secondary N) is 2. The van der Waals surface area contributed by atoms with E-state index in [1.165, 1.54) is 0 Å². The fourth-order valence-corrected chi connectivity index (χ4v) is 1.43. The van der Waals surface area contributed by atoms with Crippen LogP contribution < -0.4 is 21.3 Å². The van der Waals surface area contributed by atoms with Crippen molar-refractivity contribution < 1.29 is 8.95 Å². The number of anilines is 2. The Hall–Kier alpha value is -1.48. The van der Waals surface area contributed by atoms with Gasteiger partial charge in [-0.2, -0.15) is 15.0 Å². The summed E-state index contributed by atoms with van der Waals surface area (Å²) in [6.45, 7) is 4.87. The van der Waals surface area contributed by atoms with E-state index in [2.05, 4.69) is 25.7 Å². The van der Waals surface area contributed by atoms with E-state index < -0.39 is 10.8 Å². The molecule has 0 bridgehead atoms. The monoisotopic (exact) mass is 288 g/mol. The molecule has 0 radical (unpaired) electrons. The number of hydrazine groups is 1. The van der Waals surface area contributed by atoms with Crippen LogP contribution in [-0.4, -0.2) is 43.8 Å². The molecule has 0 saturated heterocycles. The fraction of sp³-hybridized carbons (Fsp3) is 0.700. The Morgan fingerprint density at radius 3 is 2.63 bits per heavy atom. The maximum atomic E-state index is 11.3. The van der Waals surface area contributed by atoms with Crippen molar-refractivity contribution in [3.63, 3.8) is 0 Å². The molecule has 0 saturated carbocycles. The molecule has 1 aromatic heterocycles. The molecule has 0 spiro atoms. The van der Waals surface area contributed by atoms with Crippen LogP contribution in [0.5, 0.6) is 6.01 Å². The lowest BCUT2D eigenvalue weighted by Crippen LogP contribution is -2.22. The summed E-state index contributed by atoms with van der Waals surface area (Å²) in [5.74, 6) is 5.84. The second kappa shape index (κ2) is 7.85. The zero-order chi connectivity index (χ0) is 14.3. The molecule has 108 valence electrons. The third-order valence-corrected chi connectivity index (χ3v) is 3.59. The molecule has 1 aromatic rings. The Morgan fingerprint density at radius 2 is 2.05 bits per heavy atom. The van der Waals surface area contributed by atoms with Gasteiger partial charge in [0.1, 0.15) is 0 Å². The van der Waals surface area contributed by atoms with Gasteiger partial charge in [-0.25, -0.2) is 5.84 Å². The molecule has 8 nitrogen and oxygen atoms in total. The number of aromatic nitrogens is 3. The second-order valence-corrected chi connectivity index (χ2v) is 5.75. The van der Waals surface area contributed by atoms with E-state index in [-0.39, 0.29) is 17.2 Å². The minimum Gasteiger partial charge on any atom is -0.463 e. The topological polar surface area (TPSA) is 115 Å². The van der Waals surface area contributed by atoms with Crippen LogP contribution in [0.4, 0.5) is 11.9 Å². The molecule has 0 fully saturated rings. The highest BCUT2D eigenvalue weighted by molar-refractivity contribution is 7.84. The predicted octanol–water partition coefficient (Wildman–Crippen LogP) is 0.125. The number of nitrogens with zero attached hydrogens (tertiary/aromatic N) is 3. The molecule has 0 aliphatic rings. The smallest absolute Gasteiger partial charge is 0.323 e. The SMILES string of the molecule is CCCOc1nc(NN)nc(NCC(C)S(C)=O)n1. The van der Waals surface area contributed by atoms with Crippen molar-refractivity contribution in [2.24, 2.45) is 5.84 Å². The van der Waals surface area contributed by atoms with Crippen LogP contribution in [0.15, 0.2) is 0 Å². The summed E-state index contributed by atoms with van der Waals surface area (Å²) in [6.07, 6.45) is 2.51. The molecule has 0 aliphatic heterocycles. The fourth-order valence-electron chi connectivity index (χ4n) is 1.11. The minimum absolute atomic E-state index is 0.00828. The lowest BCUT2D eigenvalue weighted by molar-refractivity contribution is 0.292. The molecule has 9 heteroatoms. The van der Waals surface area contributed by atoms with Gasteiger partial charge in [-0.3, -0.25) is 9.63 Å². The average molecular weight is 288 g/mol. The molecule has 1 heterocycles. The zero-order valence-corrected chi connectivity index (χ0v) is 12.2. The van der Waals surface area contributed by atoms with E-state index in [0.29, 0.717) is 19.1 Å². The summed E-state index contributed by atoms with van der Waals surface area (Å²) in [5, 5.41) is 2.98. The summed E-state index contributed by atoms with van der Waals surface area (Å²) < 4.78 is 16.6. The molecule has 1 rings (SSSR count). The van der Waals surface area contributed by atoms with Gasteiger partial charge in [0, 0.05) is 28.9 Å². The normalized spacial score (nSPS) is 13.7. The van der Waals surface area contributed by atoms with Crippen LogP contribution >= 0.6 is 0 Å². The van der Waals surface area contributed by atoms with Crippen LogP contribution in [0, 0.1) is 0 Å². The molecular weight excluding hydrogens is 268 g/mol. The van der Waals surface area contributed by atoms with E-state index in [4.69, 9.17) is 10.6 Å². The zero-order valence-electron chi connectivity index (χ0n) is 11.3. The van der Waals surface area contributed by atoms with Gasteiger partial charge in [0.15, 0.2) is 0 Å². The molecule has 0 aromatic carbocycles. The van der Waals surface area contributed by atoms with E-state index in [9.17, 15) is 4.21 Å². The Morgan fingerprint density at radius 1 is 1.37 bits per heavy atom. The van der Waals surface area contributed by atoms with Crippen molar-refractivity contribution in [3.05, 3.63) is 0 Å². The summed E-state index contributed by atoms with van der Waals surface area (Å²) in [6, 6.07) is 0.206. The van der Waals surface area contributed by atoms with E-state index >= 15 is 0 Å². The summed E-state index contributed by atoms with van der Waals surface area (Å²) in [4.78, 5) is 12.1. The van der Waals surface area contributed by atoms with Gasteiger partial charge in [-0.15, -0.1) is 0 Å². The van der Waals surface area contributed by atoms with Crippen LogP contribution in [0.2, 0.25) is 0 Å². The summed E-state index contributed by atoms with van der Waals surface area (Å²) in [5.41, 5.74) is 2.35. The lowest BCUT2D eigenvalue weighted by Gasteiger charge is -2.11. The maximum Gasteiger partial charge on any atom is 0.323 e. The van der Waals surface area contributed by atoms with Crippen molar-refractivity contribution in [1.29, 1.82) is 0 Å². The Bertz CT molecular complexity index is 430. The molecule has 2 atom stereocenters. The van der Waals surface area contributed by atoms with Gasteiger partial charge in [0.05, 0.1) is 6.61 Å². The van der Waals surface area contributed by atoms with Crippen LogP contribution in [0.1, 0.15) is 20.3 Å². The molecule has 2 unspecified atom stereocenters. The first-order valence-electron chi connectivity index (χ1n) is 5.98. The maximum absolute atomic E-state index is 11.3. The number of nitrogen functional groups attached to an aromatic ring is 1. The minimum atomic E-state index is -0.907. The average Bonchev–Trinajstić information content (AvgIpc) is 2.42. The van der Waals surface area contributed by atoms with Crippen molar-refractivity contribution in [3.8, 4) is 6.01 Å². The standard InChI is InChI=1S/C10H20N6O2S/c1-4-5-18-10-14-8(13-9(15-10)16-11)12-6-7(2)19(3)17/h7H,4-6,11H2,1-3H3,(H2,12,13,14,15,16). The number of hydrogen-bond donors (Lipinski definition) is 3. The third-order valence-electron chi connectivity index (χ3n) is 2.29. The van der Waals surface area contributed by atoms with Gasteiger partial charge in [0.25, 0.3) is 0 Å². The highest BCUT2D eigenvalue weighted by Gasteiger charge is 2.10. The first-order valence-corrected chi connectivity index (χ1v) is 7.60. The Kier molecular flexibility index (Phi) is 6.43. The molecule has 4 N–H and O–H groups in total. The molecule has 0 amide bonds. The number of nitrogens with two attached hydrogens (primary N) is 1. The highest BCUT2D eigenvalue weighted by Crippen LogP contribution is 2.11. The quantitative estimate of drug-likeness (QED) is 0.456. The van der Waals surface area contributed by atoms with Crippen molar-refractivity contribution in [1.82, 2.24) is 15.0 Å². The molecular formula is C10H20N6O2S. The predicted molar refractivity (Wildman–Crippen MR) is 75.4 cm³/mol. The first kappa shape index (κ1) is 15.6. The third kappa shape index (κ3) is 5.35. The largest absolute Gasteiger partial charge is 0.463 e. The van der Waals surface area contributed by atoms with Gasteiger partial charge in [-0.05, 0) is 13.3 Å². The number of rotatable bonds is 8. The van der Waals surface area contributed by atoms with Gasteiger partial charge < -0.3 is 10.1 Å². The van der Waals surface area contributed by atoms with Gasteiger partial charge >= 0.3 is 6.01 Å². The van der Waals surface area contributed by atoms with Crippen molar-refractivity contribution in [2.45, 2.75) is 25.5 Å². The van der Waals surface area contributed by atoms with Crippen LogP contribution in [0.25, 0.3) is 0 Å². The van der Waals surface area contributed by atoms with Crippen molar-refractivity contribution >= 4 is 22.7 Å². The molecule has 19 heavy (non-hydrogen) atoms. The van der Waals surface area contributed by atoms with Crippen LogP contribution in [0.3, 0.4) is 0 Å². The van der Waals surface area contributed by atoms with E-state index in [0.717, 1.165) is 6.42 Å². The van der Waals surface area contributed by atoms with Crippen molar-refractivity contribution in [2.75, 3.05) is 30.1 Å². The highest BCUT2D eigenvalue weighted by atomic mass is 32.2. The summed E-state index contributed by atoms with van der Waals surface area (Å²) in [7, 11) is -0.907. The lowest BCUT2D eigenvalue weighted by atomic mass is 10.5. The summed E-state index contributed by atoms with van der Waals surface area (Å²) >= 11 is 0. The van der Waals surface area contributed by atoms with Gasteiger partial charge in [-0.1, -0.05) is 6.92 Å². The Balaban J connectivity index is 2.73. The number of ether oxygens (including phenoxy) is 1. The van der Waals surface area contributed by atoms with Gasteiger partial charge in [0.2, 0.25) is 11.9 Å². The first-order chi connectivity index (χ1) is 9.06.